The van der Waals surface area contributed by atoms with E-state index in [9.17, 15) is 18.0 Å². The molecule has 0 atom stereocenters. The third-order valence-corrected chi connectivity index (χ3v) is 6.61. The number of aryl methyl sites for hydroxylation is 1. The number of sulfonamides is 1. The molecule has 1 saturated heterocycles. The van der Waals surface area contributed by atoms with Crippen molar-refractivity contribution in [3.8, 4) is 0 Å². The number of nitrogens with one attached hydrogen (secondary N) is 1. The van der Waals surface area contributed by atoms with Gasteiger partial charge < -0.3 is 4.90 Å². The van der Waals surface area contributed by atoms with Crippen LogP contribution in [-0.2, 0) is 19.6 Å². The fourth-order valence-corrected chi connectivity index (χ4v) is 4.50. The molecule has 1 fully saturated rings. The van der Waals surface area contributed by atoms with Crippen LogP contribution in [0.3, 0.4) is 0 Å². The SMILES string of the molecule is CCN(CCCNS(=O)(=O)c1ccc(N2C(=O)CCC2=O)cc1)c1ccc(C)cc1. The molecule has 7 nitrogen and oxygen atoms in total. The van der Waals surface area contributed by atoms with E-state index in [4.69, 9.17) is 0 Å². The minimum Gasteiger partial charge on any atom is -0.372 e. The number of amides is 2. The van der Waals surface area contributed by atoms with E-state index in [1.165, 1.54) is 29.8 Å². The molecule has 0 radical (unpaired) electrons. The fourth-order valence-electron chi connectivity index (χ4n) is 3.42. The molecule has 2 aromatic carbocycles. The highest BCUT2D eigenvalue weighted by Crippen LogP contribution is 2.24. The van der Waals surface area contributed by atoms with Crippen molar-refractivity contribution >= 4 is 33.2 Å². The maximum Gasteiger partial charge on any atom is 0.240 e. The van der Waals surface area contributed by atoms with Gasteiger partial charge in [-0.05, 0) is 56.7 Å². The second kappa shape index (κ2) is 9.40. The quantitative estimate of drug-likeness (QED) is 0.489. The Labute approximate surface area is 177 Å². The summed E-state index contributed by atoms with van der Waals surface area (Å²) in [5, 5.41) is 0. The summed E-state index contributed by atoms with van der Waals surface area (Å²) in [6.45, 7) is 6.00. The minimum atomic E-state index is -3.66. The van der Waals surface area contributed by atoms with Crippen molar-refractivity contribution in [3.05, 3.63) is 54.1 Å². The second-order valence-electron chi connectivity index (χ2n) is 7.28. The topological polar surface area (TPSA) is 86.8 Å². The molecule has 2 aromatic rings. The van der Waals surface area contributed by atoms with E-state index >= 15 is 0 Å². The van der Waals surface area contributed by atoms with E-state index in [0.717, 1.165) is 23.7 Å². The van der Waals surface area contributed by atoms with Gasteiger partial charge in [0.05, 0.1) is 10.6 Å². The van der Waals surface area contributed by atoms with Gasteiger partial charge in [0.1, 0.15) is 0 Å². The highest BCUT2D eigenvalue weighted by atomic mass is 32.2. The summed E-state index contributed by atoms with van der Waals surface area (Å²) in [4.78, 5) is 27.0. The van der Waals surface area contributed by atoms with Crippen molar-refractivity contribution in [2.45, 2.75) is 38.0 Å². The highest BCUT2D eigenvalue weighted by Gasteiger charge is 2.30. The Bertz CT molecular complexity index is 986. The van der Waals surface area contributed by atoms with Crippen LogP contribution in [0.4, 0.5) is 11.4 Å². The van der Waals surface area contributed by atoms with Crippen LogP contribution in [0.25, 0.3) is 0 Å². The van der Waals surface area contributed by atoms with E-state index in [2.05, 4.69) is 40.8 Å². The second-order valence-corrected chi connectivity index (χ2v) is 9.05. The van der Waals surface area contributed by atoms with E-state index in [0.29, 0.717) is 18.7 Å². The number of imide groups is 1. The zero-order valence-corrected chi connectivity index (χ0v) is 18.1. The lowest BCUT2D eigenvalue weighted by atomic mass is 10.2. The summed E-state index contributed by atoms with van der Waals surface area (Å²) in [5.74, 6) is -0.523. The van der Waals surface area contributed by atoms with Gasteiger partial charge in [-0.25, -0.2) is 13.1 Å². The number of anilines is 2. The van der Waals surface area contributed by atoms with Crippen molar-refractivity contribution in [3.63, 3.8) is 0 Å². The van der Waals surface area contributed by atoms with Crippen molar-refractivity contribution in [2.75, 3.05) is 29.4 Å². The van der Waals surface area contributed by atoms with Crippen molar-refractivity contribution in [1.29, 1.82) is 0 Å². The van der Waals surface area contributed by atoms with Crippen LogP contribution in [0.1, 0.15) is 31.7 Å². The molecule has 8 heteroatoms. The average Bonchev–Trinajstić information content (AvgIpc) is 3.07. The Hall–Kier alpha value is -2.71. The van der Waals surface area contributed by atoms with Gasteiger partial charge in [0.25, 0.3) is 0 Å². The largest absolute Gasteiger partial charge is 0.372 e. The number of hydrogen-bond acceptors (Lipinski definition) is 5. The van der Waals surface area contributed by atoms with Crippen LogP contribution in [-0.4, -0.2) is 39.9 Å². The molecule has 1 heterocycles. The Balaban J connectivity index is 1.55. The lowest BCUT2D eigenvalue weighted by molar-refractivity contribution is -0.121. The average molecular weight is 430 g/mol. The van der Waals surface area contributed by atoms with Gasteiger partial charge in [0, 0.05) is 38.2 Å². The van der Waals surface area contributed by atoms with E-state index in [1.54, 1.807) is 0 Å². The number of nitrogens with zero attached hydrogens (tertiary/aromatic N) is 2. The molecule has 0 spiro atoms. The molecule has 30 heavy (non-hydrogen) atoms. The minimum absolute atomic E-state index is 0.108. The summed E-state index contributed by atoms with van der Waals surface area (Å²) in [7, 11) is -3.66. The highest BCUT2D eigenvalue weighted by molar-refractivity contribution is 7.89. The summed E-state index contributed by atoms with van der Waals surface area (Å²) >= 11 is 0. The van der Waals surface area contributed by atoms with Gasteiger partial charge in [-0.1, -0.05) is 17.7 Å². The van der Waals surface area contributed by atoms with Crippen molar-refractivity contribution in [2.24, 2.45) is 0 Å². The molecule has 0 unspecified atom stereocenters. The van der Waals surface area contributed by atoms with E-state index in [-0.39, 0.29) is 29.6 Å². The predicted octanol–water partition coefficient (Wildman–Crippen LogP) is 2.84. The Morgan fingerprint density at radius 3 is 2.13 bits per heavy atom. The number of hydrogen-bond donors (Lipinski definition) is 1. The molecule has 0 aromatic heterocycles. The van der Waals surface area contributed by atoms with Gasteiger partial charge >= 0.3 is 0 Å². The summed E-state index contributed by atoms with van der Waals surface area (Å²) in [5.41, 5.74) is 2.72. The first-order chi connectivity index (χ1) is 14.3. The Kier molecular flexibility index (Phi) is 6.89. The number of carbonyl (C=O) groups excluding carboxylic acids is 2. The smallest absolute Gasteiger partial charge is 0.240 e. The molecule has 1 aliphatic heterocycles. The van der Waals surface area contributed by atoms with Gasteiger partial charge in [-0.15, -0.1) is 0 Å². The Morgan fingerprint density at radius 1 is 0.967 bits per heavy atom. The Morgan fingerprint density at radius 2 is 1.57 bits per heavy atom. The maximum absolute atomic E-state index is 12.5. The monoisotopic (exact) mass is 429 g/mol. The summed E-state index contributed by atoms with van der Waals surface area (Å²) in [6.07, 6.45) is 1.05. The van der Waals surface area contributed by atoms with Gasteiger partial charge in [-0.2, -0.15) is 0 Å². The van der Waals surface area contributed by atoms with Gasteiger partial charge in [-0.3, -0.25) is 14.5 Å². The molecular weight excluding hydrogens is 402 g/mol. The molecule has 2 amide bonds. The first kappa shape index (κ1) is 22.0. The molecule has 160 valence electrons. The summed E-state index contributed by atoms with van der Waals surface area (Å²) in [6, 6.07) is 14.1. The lowest BCUT2D eigenvalue weighted by Gasteiger charge is -2.23. The van der Waals surface area contributed by atoms with Crippen LogP contribution in [0.5, 0.6) is 0 Å². The molecule has 1 N–H and O–H groups in total. The molecule has 0 saturated carbocycles. The molecular formula is C22H27N3O4S. The molecule has 0 bridgehead atoms. The van der Waals surface area contributed by atoms with Crippen LogP contribution < -0.4 is 14.5 Å². The first-order valence-electron chi connectivity index (χ1n) is 10.1. The standard InChI is InChI=1S/C22H27N3O4S/c1-3-24(18-7-5-17(2)6-8-18)16-4-15-23-30(28,29)20-11-9-19(10-12-20)25-21(26)13-14-22(25)27/h5-12,23H,3-4,13-16H2,1-2H3. The van der Waals surface area contributed by atoms with E-state index in [1.807, 2.05) is 6.92 Å². The number of rotatable bonds is 9. The molecule has 0 aliphatic carbocycles. The van der Waals surface area contributed by atoms with Gasteiger partial charge in [0.2, 0.25) is 21.8 Å². The normalized spacial score (nSPS) is 14.4. The number of carbonyl (C=O) groups is 2. The summed E-state index contributed by atoms with van der Waals surface area (Å²) < 4.78 is 27.7. The first-order valence-corrected chi connectivity index (χ1v) is 11.6. The predicted molar refractivity (Wildman–Crippen MR) is 117 cm³/mol. The van der Waals surface area contributed by atoms with Crippen LogP contribution in [0.2, 0.25) is 0 Å². The van der Waals surface area contributed by atoms with Crippen LogP contribution in [0.15, 0.2) is 53.4 Å². The van der Waals surface area contributed by atoms with Crippen LogP contribution in [0, 0.1) is 6.92 Å². The zero-order valence-electron chi connectivity index (χ0n) is 17.3. The third kappa shape index (κ3) is 5.06. The number of benzene rings is 2. The van der Waals surface area contributed by atoms with Crippen molar-refractivity contribution < 1.29 is 18.0 Å². The van der Waals surface area contributed by atoms with Crippen LogP contribution >= 0.6 is 0 Å². The molecule has 1 aliphatic rings. The third-order valence-electron chi connectivity index (χ3n) is 5.13. The molecule has 3 rings (SSSR count). The van der Waals surface area contributed by atoms with E-state index < -0.39 is 10.0 Å². The fraction of sp³-hybridized carbons (Fsp3) is 0.364. The maximum atomic E-state index is 12.5. The van der Waals surface area contributed by atoms with Gasteiger partial charge in [0.15, 0.2) is 0 Å². The lowest BCUT2D eigenvalue weighted by Crippen LogP contribution is -2.30. The van der Waals surface area contributed by atoms with Crippen molar-refractivity contribution in [1.82, 2.24) is 4.72 Å². The zero-order chi connectivity index (χ0) is 21.7.